The number of hydrogen-bond acceptors (Lipinski definition) is 6. The van der Waals surface area contributed by atoms with E-state index in [4.69, 9.17) is 22.6 Å². The van der Waals surface area contributed by atoms with E-state index in [1.807, 2.05) is 0 Å². The number of nitrogens with one attached hydrogen (secondary N) is 1. The summed E-state index contributed by atoms with van der Waals surface area (Å²) in [5, 5.41) is 10.2. The molecule has 0 saturated carbocycles. The second kappa shape index (κ2) is 7.80. The van der Waals surface area contributed by atoms with E-state index in [2.05, 4.69) is 15.3 Å². The third-order valence-corrected chi connectivity index (χ3v) is 4.32. The predicted molar refractivity (Wildman–Crippen MR) is 91.6 cm³/mol. The van der Waals surface area contributed by atoms with Crippen LogP contribution < -0.4 is 11.1 Å². The lowest BCUT2D eigenvalue weighted by molar-refractivity contribution is -0.137. The highest BCUT2D eigenvalue weighted by Gasteiger charge is 2.34. The molecule has 0 aliphatic carbocycles. The lowest BCUT2D eigenvalue weighted by atomic mass is 10.1. The number of alkyl halides is 3. The molecule has 3 N–H and O–H groups in total. The summed E-state index contributed by atoms with van der Waals surface area (Å²) < 4.78 is 39.2. The van der Waals surface area contributed by atoms with Crippen molar-refractivity contribution in [3.8, 4) is 6.07 Å². The maximum absolute atomic E-state index is 13.1. The molecule has 0 aliphatic heterocycles. The minimum absolute atomic E-state index is 0.0466. The summed E-state index contributed by atoms with van der Waals surface area (Å²) in [6, 6.07) is 4.86. The van der Waals surface area contributed by atoms with Gasteiger partial charge in [0.2, 0.25) is 5.91 Å². The van der Waals surface area contributed by atoms with Crippen molar-refractivity contribution in [2.75, 3.05) is 11.1 Å². The molecule has 1 aromatic heterocycles. The van der Waals surface area contributed by atoms with E-state index in [-0.39, 0.29) is 21.6 Å². The van der Waals surface area contributed by atoms with Gasteiger partial charge in [0.25, 0.3) is 0 Å². The van der Waals surface area contributed by atoms with Crippen molar-refractivity contribution >= 4 is 40.8 Å². The molecule has 6 nitrogen and oxygen atoms in total. The van der Waals surface area contributed by atoms with Gasteiger partial charge in [0.1, 0.15) is 17.5 Å². The Labute approximate surface area is 155 Å². The van der Waals surface area contributed by atoms with Crippen LogP contribution in [0.4, 0.5) is 24.7 Å². The fourth-order valence-corrected chi connectivity index (χ4v) is 2.75. The van der Waals surface area contributed by atoms with Crippen LogP contribution in [0.15, 0.2) is 29.6 Å². The molecule has 0 radical (unpaired) electrons. The van der Waals surface area contributed by atoms with Gasteiger partial charge in [-0.15, -0.1) is 0 Å². The number of carbonyl (C=O) groups is 1. The van der Waals surface area contributed by atoms with E-state index in [0.717, 1.165) is 23.9 Å². The van der Waals surface area contributed by atoms with E-state index in [9.17, 15) is 18.0 Å². The van der Waals surface area contributed by atoms with Crippen LogP contribution in [0.1, 0.15) is 18.1 Å². The van der Waals surface area contributed by atoms with Crippen molar-refractivity contribution in [1.29, 1.82) is 5.26 Å². The number of benzene rings is 1. The number of nitrogen functional groups attached to an aromatic ring is 1. The van der Waals surface area contributed by atoms with Gasteiger partial charge in [-0.05, 0) is 25.1 Å². The van der Waals surface area contributed by atoms with Crippen molar-refractivity contribution in [2.24, 2.45) is 0 Å². The molecule has 0 unspecified atom stereocenters. The summed E-state index contributed by atoms with van der Waals surface area (Å²) in [5.74, 6) is -0.732. The summed E-state index contributed by atoms with van der Waals surface area (Å²) in [6.45, 7) is 1.47. The van der Waals surface area contributed by atoms with Gasteiger partial charge in [-0.3, -0.25) is 4.79 Å². The van der Waals surface area contributed by atoms with Crippen LogP contribution in [0.3, 0.4) is 0 Å². The number of halogens is 4. The molecule has 136 valence electrons. The molecular formula is C15H11ClF3N5OS. The lowest BCUT2D eigenvalue weighted by Gasteiger charge is -2.16. The molecular weight excluding hydrogens is 391 g/mol. The molecule has 0 saturated heterocycles. The number of carbonyl (C=O) groups excluding carboxylic acids is 1. The number of rotatable bonds is 4. The predicted octanol–water partition coefficient (Wildman–Crippen LogP) is 3.72. The number of nitrogens with two attached hydrogens (primary N) is 1. The third-order valence-electron chi connectivity index (χ3n) is 3.11. The number of thioether (sulfide) groups is 1. The standard InChI is InChI=1S/C15H11ClF3N5OS/c1-7(26-14-22-6-8(5-20)12(21)24-14)13(25)23-11-3-2-9(16)4-10(11)15(17,18)19/h2-4,6-7H,1H3,(H,23,25)(H2,21,22,24)/t7-/m1/s1. The van der Waals surface area contributed by atoms with Gasteiger partial charge in [0, 0.05) is 5.02 Å². The van der Waals surface area contributed by atoms with Crippen LogP contribution in [0, 0.1) is 11.3 Å². The van der Waals surface area contributed by atoms with E-state index < -0.39 is 28.6 Å². The van der Waals surface area contributed by atoms with Crippen LogP contribution >= 0.6 is 23.4 Å². The zero-order valence-corrected chi connectivity index (χ0v) is 14.7. The van der Waals surface area contributed by atoms with Crippen LogP contribution in [0.25, 0.3) is 0 Å². The number of amides is 1. The van der Waals surface area contributed by atoms with Crippen molar-refractivity contribution in [1.82, 2.24) is 9.97 Å². The van der Waals surface area contributed by atoms with Crippen LogP contribution in [-0.2, 0) is 11.0 Å². The lowest BCUT2D eigenvalue weighted by Crippen LogP contribution is -2.24. The Morgan fingerprint density at radius 3 is 2.73 bits per heavy atom. The third kappa shape index (κ3) is 4.77. The Morgan fingerprint density at radius 2 is 2.15 bits per heavy atom. The van der Waals surface area contributed by atoms with Gasteiger partial charge in [-0.2, -0.15) is 18.4 Å². The summed E-state index contributed by atoms with van der Waals surface area (Å²) >= 11 is 6.49. The normalized spacial score (nSPS) is 12.3. The monoisotopic (exact) mass is 401 g/mol. The Morgan fingerprint density at radius 1 is 1.46 bits per heavy atom. The van der Waals surface area contributed by atoms with Gasteiger partial charge in [0.15, 0.2) is 5.16 Å². The first-order valence-electron chi connectivity index (χ1n) is 6.98. The molecule has 0 aliphatic rings. The van der Waals surface area contributed by atoms with Crippen molar-refractivity contribution < 1.29 is 18.0 Å². The average Bonchev–Trinajstić information content (AvgIpc) is 2.55. The van der Waals surface area contributed by atoms with Gasteiger partial charge in [-0.1, -0.05) is 23.4 Å². The minimum Gasteiger partial charge on any atom is -0.382 e. The van der Waals surface area contributed by atoms with E-state index >= 15 is 0 Å². The smallest absolute Gasteiger partial charge is 0.382 e. The van der Waals surface area contributed by atoms with Crippen LogP contribution in [0.5, 0.6) is 0 Å². The van der Waals surface area contributed by atoms with Gasteiger partial charge in [0.05, 0.1) is 22.7 Å². The van der Waals surface area contributed by atoms with Crippen LogP contribution in [-0.4, -0.2) is 21.1 Å². The fraction of sp³-hybridized carbons (Fsp3) is 0.200. The van der Waals surface area contributed by atoms with Crippen molar-refractivity contribution in [3.63, 3.8) is 0 Å². The molecule has 1 atom stereocenters. The molecule has 2 rings (SSSR count). The number of nitrogens with zero attached hydrogens (tertiary/aromatic N) is 3. The quantitative estimate of drug-likeness (QED) is 0.597. The number of aromatic nitrogens is 2. The second-order valence-electron chi connectivity index (χ2n) is 5.00. The summed E-state index contributed by atoms with van der Waals surface area (Å²) in [5.41, 5.74) is 4.20. The first kappa shape index (κ1) is 19.8. The first-order chi connectivity index (χ1) is 12.1. The van der Waals surface area contributed by atoms with Crippen molar-refractivity contribution in [2.45, 2.75) is 23.5 Å². The molecule has 0 spiro atoms. The largest absolute Gasteiger partial charge is 0.418 e. The van der Waals surface area contributed by atoms with Crippen molar-refractivity contribution in [3.05, 3.63) is 40.5 Å². The van der Waals surface area contributed by atoms with Gasteiger partial charge >= 0.3 is 6.18 Å². The Bertz CT molecular complexity index is 885. The Balaban J connectivity index is 2.15. The van der Waals surface area contributed by atoms with E-state index in [1.165, 1.54) is 19.2 Å². The van der Waals surface area contributed by atoms with E-state index in [1.54, 1.807) is 6.07 Å². The molecule has 1 heterocycles. The molecule has 1 amide bonds. The summed E-state index contributed by atoms with van der Waals surface area (Å²) in [6.07, 6.45) is -3.47. The summed E-state index contributed by atoms with van der Waals surface area (Å²) in [4.78, 5) is 20.0. The molecule has 2 aromatic rings. The number of anilines is 2. The topological polar surface area (TPSA) is 105 Å². The van der Waals surface area contributed by atoms with Crippen LogP contribution in [0.2, 0.25) is 5.02 Å². The molecule has 0 fully saturated rings. The first-order valence-corrected chi connectivity index (χ1v) is 8.24. The Kier molecular flexibility index (Phi) is 5.94. The molecule has 11 heteroatoms. The maximum Gasteiger partial charge on any atom is 0.418 e. The van der Waals surface area contributed by atoms with Gasteiger partial charge in [-0.25, -0.2) is 9.97 Å². The van der Waals surface area contributed by atoms with E-state index in [0.29, 0.717) is 0 Å². The zero-order chi connectivity index (χ0) is 19.5. The zero-order valence-electron chi connectivity index (χ0n) is 13.1. The van der Waals surface area contributed by atoms with Gasteiger partial charge < -0.3 is 11.1 Å². The highest BCUT2D eigenvalue weighted by atomic mass is 35.5. The maximum atomic E-state index is 13.1. The molecule has 1 aromatic carbocycles. The number of hydrogen-bond donors (Lipinski definition) is 2. The minimum atomic E-state index is -4.67. The highest BCUT2D eigenvalue weighted by molar-refractivity contribution is 8.00. The Hall–Kier alpha value is -2.51. The number of nitriles is 1. The SMILES string of the molecule is C[C@@H](Sc1ncc(C#N)c(N)n1)C(=O)Nc1ccc(Cl)cc1C(F)(F)F. The fourth-order valence-electron chi connectivity index (χ4n) is 1.83. The summed E-state index contributed by atoms with van der Waals surface area (Å²) in [7, 11) is 0. The second-order valence-corrected chi connectivity index (χ2v) is 6.74. The average molecular weight is 402 g/mol. The highest BCUT2D eigenvalue weighted by Crippen LogP contribution is 2.36. The molecule has 0 bridgehead atoms. The molecule has 26 heavy (non-hydrogen) atoms.